The van der Waals surface area contributed by atoms with E-state index in [1.807, 2.05) is 39.0 Å². The Balaban J connectivity index is 1.98. The number of aryl methyl sites for hydroxylation is 3. The number of aromatic nitrogens is 2. The van der Waals surface area contributed by atoms with Crippen LogP contribution in [0.2, 0.25) is 0 Å². The van der Waals surface area contributed by atoms with Crippen LogP contribution in [-0.4, -0.2) is 24.2 Å². The standard InChI is InChI=1S/C25H24N2O5/c1-6-16-7-9-19-18(12-16)22(28)24(32-25-26-14(2)11-15(3)27-25)23(31-19)17-8-10-20(29-4)21(13-17)30-5/h7-13H,6H2,1-5H3. The van der Waals surface area contributed by atoms with Gasteiger partial charge in [0.2, 0.25) is 11.2 Å². The molecule has 0 fully saturated rings. The van der Waals surface area contributed by atoms with Crippen molar-refractivity contribution in [2.45, 2.75) is 27.2 Å². The van der Waals surface area contributed by atoms with Crippen LogP contribution in [0.25, 0.3) is 22.3 Å². The summed E-state index contributed by atoms with van der Waals surface area (Å²) >= 11 is 0. The van der Waals surface area contributed by atoms with Crippen LogP contribution in [0.15, 0.2) is 51.7 Å². The average Bonchev–Trinajstić information content (AvgIpc) is 2.79. The van der Waals surface area contributed by atoms with Crippen LogP contribution in [0, 0.1) is 13.8 Å². The fourth-order valence-electron chi connectivity index (χ4n) is 3.54. The molecule has 2 aromatic heterocycles. The molecule has 0 saturated heterocycles. The Hall–Kier alpha value is -3.87. The molecule has 0 radical (unpaired) electrons. The first kappa shape index (κ1) is 21.4. The van der Waals surface area contributed by atoms with E-state index in [-0.39, 0.29) is 22.9 Å². The summed E-state index contributed by atoms with van der Waals surface area (Å²) in [6.07, 6.45) is 0.795. The third-order valence-electron chi connectivity index (χ3n) is 5.12. The topological polar surface area (TPSA) is 83.7 Å². The molecule has 0 unspecified atom stereocenters. The van der Waals surface area contributed by atoms with E-state index >= 15 is 0 Å². The highest BCUT2D eigenvalue weighted by Gasteiger charge is 2.21. The molecule has 0 spiro atoms. The lowest BCUT2D eigenvalue weighted by atomic mass is 10.1. The second kappa shape index (κ2) is 8.70. The minimum absolute atomic E-state index is 0.0166. The quantitative estimate of drug-likeness (QED) is 0.412. The predicted molar refractivity (Wildman–Crippen MR) is 122 cm³/mol. The van der Waals surface area contributed by atoms with Gasteiger partial charge in [0.1, 0.15) is 5.58 Å². The van der Waals surface area contributed by atoms with E-state index in [2.05, 4.69) is 9.97 Å². The molecule has 7 heteroatoms. The van der Waals surface area contributed by atoms with Gasteiger partial charge in [0, 0.05) is 17.0 Å². The third-order valence-corrected chi connectivity index (χ3v) is 5.12. The summed E-state index contributed by atoms with van der Waals surface area (Å²) in [7, 11) is 3.11. The van der Waals surface area contributed by atoms with Gasteiger partial charge in [-0.2, -0.15) is 0 Å². The van der Waals surface area contributed by atoms with E-state index in [0.717, 1.165) is 23.4 Å². The Morgan fingerprint density at radius 3 is 2.28 bits per heavy atom. The van der Waals surface area contributed by atoms with Gasteiger partial charge in [-0.3, -0.25) is 4.79 Å². The van der Waals surface area contributed by atoms with Crippen molar-refractivity contribution < 1.29 is 18.6 Å². The first-order valence-corrected chi connectivity index (χ1v) is 10.3. The molecule has 0 amide bonds. The van der Waals surface area contributed by atoms with Crippen LogP contribution >= 0.6 is 0 Å². The lowest BCUT2D eigenvalue weighted by Crippen LogP contribution is -2.09. The zero-order valence-electron chi connectivity index (χ0n) is 18.7. The molecule has 0 N–H and O–H groups in total. The minimum Gasteiger partial charge on any atom is -0.493 e. The predicted octanol–water partition coefficient (Wildman–Crippen LogP) is 5.24. The molecule has 0 atom stereocenters. The number of hydrogen-bond acceptors (Lipinski definition) is 7. The maximum Gasteiger partial charge on any atom is 0.322 e. The summed E-state index contributed by atoms with van der Waals surface area (Å²) in [5.74, 6) is 1.34. The number of ether oxygens (including phenoxy) is 3. The Labute approximate surface area is 185 Å². The van der Waals surface area contributed by atoms with Crippen LogP contribution in [0.1, 0.15) is 23.9 Å². The van der Waals surface area contributed by atoms with Gasteiger partial charge in [0.25, 0.3) is 0 Å². The second-order valence-electron chi connectivity index (χ2n) is 7.38. The molecular formula is C25H24N2O5. The van der Waals surface area contributed by atoms with Crippen LogP contribution in [0.3, 0.4) is 0 Å². The summed E-state index contributed by atoms with van der Waals surface area (Å²) in [5.41, 5.74) is 3.26. The monoisotopic (exact) mass is 432 g/mol. The van der Waals surface area contributed by atoms with E-state index in [4.69, 9.17) is 18.6 Å². The Morgan fingerprint density at radius 2 is 1.62 bits per heavy atom. The van der Waals surface area contributed by atoms with Gasteiger partial charge in [0.15, 0.2) is 17.3 Å². The number of methoxy groups -OCH3 is 2. The van der Waals surface area contributed by atoms with Crippen molar-refractivity contribution in [2.75, 3.05) is 14.2 Å². The van der Waals surface area contributed by atoms with Gasteiger partial charge in [-0.25, -0.2) is 9.97 Å². The van der Waals surface area contributed by atoms with E-state index in [0.29, 0.717) is 28.0 Å². The van der Waals surface area contributed by atoms with Gasteiger partial charge in [-0.1, -0.05) is 13.0 Å². The van der Waals surface area contributed by atoms with Gasteiger partial charge in [-0.05, 0) is 62.2 Å². The molecule has 0 aliphatic rings. The third kappa shape index (κ3) is 4.01. The fraction of sp³-hybridized carbons (Fsp3) is 0.240. The van der Waals surface area contributed by atoms with Gasteiger partial charge < -0.3 is 18.6 Å². The maximum atomic E-state index is 13.5. The molecule has 4 rings (SSSR count). The molecule has 0 bridgehead atoms. The lowest BCUT2D eigenvalue weighted by Gasteiger charge is -2.13. The zero-order valence-corrected chi connectivity index (χ0v) is 18.7. The Bertz CT molecular complexity index is 1340. The van der Waals surface area contributed by atoms with Crippen molar-refractivity contribution in [3.05, 3.63) is 69.6 Å². The van der Waals surface area contributed by atoms with Crippen LogP contribution in [0.4, 0.5) is 0 Å². The summed E-state index contributed by atoms with van der Waals surface area (Å²) in [4.78, 5) is 22.2. The molecule has 4 aromatic rings. The van der Waals surface area contributed by atoms with Crippen molar-refractivity contribution in [1.82, 2.24) is 9.97 Å². The number of rotatable bonds is 6. The van der Waals surface area contributed by atoms with E-state index in [1.165, 1.54) is 0 Å². The summed E-state index contributed by atoms with van der Waals surface area (Å²) in [6.45, 7) is 5.71. The number of benzene rings is 2. The fourth-order valence-corrected chi connectivity index (χ4v) is 3.54. The van der Waals surface area contributed by atoms with Crippen molar-refractivity contribution >= 4 is 11.0 Å². The highest BCUT2D eigenvalue weighted by molar-refractivity contribution is 5.83. The summed E-state index contributed by atoms with van der Waals surface area (Å²) in [5, 5.41) is 0.438. The smallest absolute Gasteiger partial charge is 0.322 e. The van der Waals surface area contributed by atoms with Crippen molar-refractivity contribution in [3.8, 4) is 34.6 Å². The van der Waals surface area contributed by atoms with Gasteiger partial charge >= 0.3 is 6.01 Å². The molecule has 0 aliphatic carbocycles. The second-order valence-corrected chi connectivity index (χ2v) is 7.38. The molecule has 2 heterocycles. The number of hydrogen-bond donors (Lipinski definition) is 0. The molecule has 7 nitrogen and oxygen atoms in total. The number of fused-ring (bicyclic) bond motifs is 1. The first-order valence-electron chi connectivity index (χ1n) is 10.3. The zero-order chi connectivity index (χ0) is 22.8. The lowest BCUT2D eigenvalue weighted by molar-refractivity contribution is 0.355. The highest BCUT2D eigenvalue weighted by Crippen LogP contribution is 2.37. The van der Waals surface area contributed by atoms with Crippen molar-refractivity contribution in [2.24, 2.45) is 0 Å². The maximum absolute atomic E-state index is 13.5. The van der Waals surface area contributed by atoms with E-state index in [9.17, 15) is 4.79 Å². The Kier molecular flexibility index (Phi) is 5.81. The molecule has 2 aromatic carbocycles. The molecule has 164 valence electrons. The SMILES string of the molecule is CCc1ccc2oc(-c3ccc(OC)c(OC)c3)c(Oc3nc(C)cc(C)n3)c(=O)c2c1. The largest absolute Gasteiger partial charge is 0.493 e. The summed E-state index contributed by atoms with van der Waals surface area (Å²) < 4.78 is 22.9. The van der Waals surface area contributed by atoms with E-state index < -0.39 is 0 Å². The molecule has 32 heavy (non-hydrogen) atoms. The summed E-state index contributed by atoms with van der Waals surface area (Å²) in [6, 6.07) is 12.7. The highest BCUT2D eigenvalue weighted by atomic mass is 16.5. The minimum atomic E-state index is -0.297. The van der Waals surface area contributed by atoms with Crippen LogP contribution < -0.4 is 19.6 Å². The molecular weight excluding hydrogens is 408 g/mol. The van der Waals surface area contributed by atoms with Gasteiger partial charge in [0.05, 0.1) is 19.6 Å². The number of nitrogens with zero attached hydrogens (tertiary/aromatic N) is 2. The van der Waals surface area contributed by atoms with Crippen LogP contribution in [-0.2, 0) is 6.42 Å². The van der Waals surface area contributed by atoms with Gasteiger partial charge in [-0.15, -0.1) is 0 Å². The van der Waals surface area contributed by atoms with Crippen LogP contribution in [0.5, 0.6) is 23.3 Å². The van der Waals surface area contributed by atoms with E-state index in [1.54, 1.807) is 38.5 Å². The normalized spacial score (nSPS) is 10.9. The molecule has 0 saturated carbocycles. The van der Waals surface area contributed by atoms with Crippen molar-refractivity contribution in [3.63, 3.8) is 0 Å². The van der Waals surface area contributed by atoms with Crippen molar-refractivity contribution in [1.29, 1.82) is 0 Å². The average molecular weight is 432 g/mol. The first-order chi connectivity index (χ1) is 15.4. The Morgan fingerprint density at radius 1 is 0.906 bits per heavy atom. The molecule has 0 aliphatic heterocycles.